The van der Waals surface area contributed by atoms with Gasteiger partial charge in [0.1, 0.15) is 11.4 Å². The van der Waals surface area contributed by atoms with Crippen molar-refractivity contribution >= 4 is 29.6 Å². The number of ether oxygens (including phenoxy) is 1. The summed E-state index contributed by atoms with van der Waals surface area (Å²) in [6.45, 7) is 4.08. The predicted molar refractivity (Wildman–Crippen MR) is 130 cm³/mol. The zero-order valence-corrected chi connectivity index (χ0v) is 19.0. The zero-order valence-electron chi connectivity index (χ0n) is 19.0. The second-order valence-corrected chi connectivity index (χ2v) is 8.07. The second kappa shape index (κ2) is 10.0. The summed E-state index contributed by atoms with van der Waals surface area (Å²) in [5.74, 6) is -0.116. The lowest BCUT2D eigenvalue weighted by Gasteiger charge is -2.11. The summed E-state index contributed by atoms with van der Waals surface area (Å²) in [7, 11) is 0. The van der Waals surface area contributed by atoms with Crippen LogP contribution >= 0.6 is 0 Å². The van der Waals surface area contributed by atoms with Crippen molar-refractivity contribution in [1.29, 1.82) is 0 Å². The second-order valence-electron chi connectivity index (χ2n) is 8.07. The molecular weight excluding hydrogens is 430 g/mol. The molecule has 0 aromatic heterocycles. The van der Waals surface area contributed by atoms with E-state index in [1.807, 2.05) is 62.4 Å². The highest BCUT2D eigenvalue weighted by molar-refractivity contribution is 6.13. The zero-order chi connectivity index (χ0) is 24.1. The van der Waals surface area contributed by atoms with Gasteiger partial charge in [-0.05, 0) is 66.4 Å². The van der Waals surface area contributed by atoms with Gasteiger partial charge in [-0.1, -0.05) is 48.5 Å². The third kappa shape index (κ3) is 5.50. The van der Waals surface area contributed by atoms with Crippen LogP contribution in [-0.2, 0) is 16.1 Å². The Kier molecular flexibility index (Phi) is 6.73. The number of hydrogen-bond donors (Lipinski definition) is 2. The average Bonchev–Trinajstić information content (AvgIpc) is 3.09. The van der Waals surface area contributed by atoms with Gasteiger partial charge >= 0.3 is 6.03 Å². The summed E-state index contributed by atoms with van der Waals surface area (Å²) in [4.78, 5) is 38.3. The predicted octanol–water partition coefficient (Wildman–Crippen LogP) is 4.41. The quantitative estimate of drug-likeness (QED) is 0.408. The monoisotopic (exact) mass is 455 g/mol. The number of nitrogens with one attached hydrogen (secondary N) is 2. The van der Waals surface area contributed by atoms with Crippen LogP contribution in [0.2, 0.25) is 0 Å². The van der Waals surface area contributed by atoms with Crippen LogP contribution < -0.4 is 15.4 Å². The fourth-order valence-electron chi connectivity index (χ4n) is 3.47. The molecule has 0 bridgehead atoms. The Morgan fingerprint density at radius 1 is 0.971 bits per heavy atom. The summed E-state index contributed by atoms with van der Waals surface area (Å²) in [6, 6.07) is 21.5. The largest absolute Gasteiger partial charge is 0.484 e. The van der Waals surface area contributed by atoms with Gasteiger partial charge in [-0.3, -0.25) is 14.5 Å². The molecule has 1 saturated heterocycles. The minimum absolute atomic E-state index is 0.129. The fourth-order valence-corrected chi connectivity index (χ4v) is 3.47. The molecule has 4 rings (SSSR count). The first-order chi connectivity index (χ1) is 16.4. The van der Waals surface area contributed by atoms with E-state index in [1.165, 1.54) is 4.90 Å². The van der Waals surface area contributed by atoms with Crippen molar-refractivity contribution < 1.29 is 19.1 Å². The van der Waals surface area contributed by atoms with Crippen molar-refractivity contribution in [3.8, 4) is 5.75 Å². The molecule has 0 aliphatic carbocycles. The summed E-state index contributed by atoms with van der Waals surface area (Å²) in [5, 5.41) is 5.44. The Bertz CT molecular complexity index is 1250. The minimum Gasteiger partial charge on any atom is -0.484 e. The molecule has 4 amide bonds. The number of urea groups is 1. The lowest BCUT2D eigenvalue weighted by atomic mass is 10.1. The van der Waals surface area contributed by atoms with Gasteiger partial charge in [-0.25, -0.2) is 4.79 Å². The van der Waals surface area contributed by atoms with Crippen molar-refractivity contribution in [1.82, 2.24) is 10.2 Å². The lowest BCUT2D eigenvalue weighted by Crippen LogP contribution is -2.30. The normalized spacial score (nSPS) is 14.3. The van der Waals surface area contributed by atoms with Crippen LogP contribution in [0.5, 0.6) is 5.75 Å². The number of aryl methyl sites for hydroxylation is 2. The Morgan fingerprint density at radius 3 is 2.41 bits per heavy atom. The van der Waals surface area contributed by atoms with Gasteiger partial charge in [0.2, 0.25) is 0 Å². The Balaban J connectivity index is 1.33. The molecule has 7 nitrogen and oxygen atoms in total. The van der Waals surface area contributed by atoms with Crippen LogP contribution in [0, 0.1) is 13.8 Å². The number of nitrogens with zero attached hydrogens (tertiary/aromatic N) is 1. The number of amides is 4. The molecule has 1 fully saturated rings. The van der Waals surface area contributed by atoms with Gasteiger partial charge in [0.05, 0.1) is 6.54 Å². The first-order valence-electron chi connectivity index (χ1n) is 10.9. The maximum absolute atomic E-state index is 12.7. The van der Waals surface area contributed by atoms with Crippen LogP contribution in [0.3, 0.4) is 0 Å². The van der Waals surface area contributed by atoms with Crippen molar-refractivity contribution in [2.45, 2.75) is 20.4 Å². The molecule has 1 heterocycles. The molecule has 1 aliphatic heterocycles. The molecule has 0 unspecified atom stereocenters. The fraction of sp³-hybridized carbons (Fsp3) is 0.148. The smallest absolute Gasteiger partial charge is 0.329 e. The van der Waals surface area contributed by atoms with Crippen LogP contribution in [-0.4, -0.2) is 29.4 Å². The van der Waals surface area contributed by atoms with E-state index in [0.29, 0.717) is 5.75 Å². The van der Waals surface area contributed by atoms with Crippen molar-refractivity contribution in [2.24, 2.45) is 0 Å². The molecule has 0 spiro atoms. The first kappa shape index (κ1) is 22.8. The van der Waals surface area contributed by atoms with Gasteiger partial charge in [0.25, 0.3) is 11.8 Å². The molecule has 0 atom stereocenters. The molecule has 2 N–H and O–H groups in total. The maximum atomic E-state index is 12.7. The molecule has 3 aromatic rings. The average molecular weight is 456 g/mol. The Labute approximate surface area is 198 Å². The van der Waals surface area contributed by atoms with Gasteiger partial charge < -0.3 is 15.4 Å². The number of carbonyl (C=O) groups excluding carboxylic acids is 3. The van der Waals surface area contributed by atoms with Gasteiger partial charge in [0.15, 0.2) is 6.61 Å². The summed E-state index contributed by atoms with van der Waals surface area (Å²) < 4.78 is 5.56. The number of rotatable bonds is 7. The Hall–Kier alpha value is -4.39. The van der Waals surface area contributed by atoms with E-state index < -0.39 is 6.03 Å². The molecule has 1 aliphatic rings. The first-order valence-corrected chi connectivity index (χ1v) is 10.9. The SMILES string of the molecule is Cc1ccc(NC(=O)COc2ccc(/C=C3\NC(=O)N(Cc4ccccc4)C3=O)cc2)cc1C. The highest BCUT2D eigenvalue weighted by atomic mass is 16.5. The van der Waals surface area contributed by atoms with E-state index in [-0.39, 0.29) is 30.7 Å². The van der Waals surface area contributed by atoms with Crippen molar-refractivity contribution in [3.05, 3.63) is 101 Å². The van der Waals surface area contributed by atoms with Gasteiger partial charge in [0, 0.05) is 5.69 Å². The molecule has 0 saturated carbocycles. The minimum atomic E-state index is -0.449. The molecule has 7 heteroatoms. The van der Waals surface area contributed by atoms with Gasteiger partial charge in [-0.15, -0.1) is 0 Å². The number of benzene rings is 3. The number of carbonyl (C=O) groups is 3. The number of anilines is 1. The van der Waals surface area contributed by atoms with E-state index in [1.54, 1.807) is 30.3 Å². The summed E-state index contributed by atoms with van der Waals surface area (Å²) in [5.41, 5.74) is 4.79. The van der Waals surface area contributed by atoms with Gasteiger partial charge in [-0.2, -0.15) is 0 Å². The summed E-state index contributed by atoms with van der Waals surface area (Å²) >= 11 is 0. The van der Waals surface area contributed by atoms with E-state index in [9.17, 15) is 14.4 Å². The van der Waals surface area contributed by atoms with Crippen molar-refractivity contribution in [3.63, 3.8) is 0 Å². The topological polar surface area (TPSA) is 87.7 Å². The molecule has 172 valence electrons. The van der Waals surface area contributed by atoms with Crippen LogP contribution in [0.1, 0.15) is 22.3 Å². The van der Waals surface area contributed by atoms with Crippen LogP contribution in [0.4, 0.5) is 10.5 Å². The third-order valence-electron chi connectivity index (χ3n) is 5.50. The molecule has 0 radical (unpaired) electrons. The number of imide groups is 1. The van der Waals surface area contributed by atoms with Crippen LogP contribution in [0.25, 0.3) is 6.08 Å². The third-order valence-corrected chi connectivity index (χ3v) is 5.50. The van der Waals surface area contributed by atoms with E-state index in [0.717, 1.165) is 27.9 Å². The van der Waals surface area contributed by atoms with E-state index in [2.05, 4.69) is 10.6 Å². The maximum Gasteiger partial charge on any atom is 0.329 e. The highest BCUT2D eigenvalue weighted by Crippen LogP contribution is 2.19. The molecule has 3 aromatic carbocycles. The summed E-state index contributed by atoms with van der Waals surface area (Å²) in [6.07, 6.45) is 1.61. The Morgan fingerprint density at radius 2 is 1.71 bits per heavy atom. The molecular formula is C27H25N3O4. The van der Waals surface area contributed by atoms with E-state index >= 15 is 0 Å². The number of hydrogen-bond acceptors (Lipinski definition) is 4. The standard InChI is InChI=1S/C27H25N3O4/c1-18-8-11-22(14-19(18)2)28-25(31)17-34-23-12-9-20(10-13-23)15-24-26(32)30(27(33)29-24)16-21-6-4-3-5-7-21/h3-15H,16-17H2,1-2H3,(H,28,31)(H,29,33)/b24-15-. The van der Waals surface area contributed by atoms with Crippen molar-refractivity contribution in [2.75, 3.05) is 11.9 Å². The molecule has 34 heavy (non-hydrogen) atoms. The highest BCUT2D eigenvalue weighted by Gasteiger charge is 2.33. The van der Waals surface area contributed by atoms with Crippen LogP contribution in [0.15, 0.2) is 78.5 Å². The lowest BCUT2D eigenvalue weighted by molar-refractivity contribution is -0.123. The van der Waals surface area contributed by atoms with E-state index in [4.69, 9.17) is 4.74 Å².